The van der Waals surface area contributed by atoms with Gasteiger partial charge in [0.1, 0.15) is 6.61 Å². The summed E-state index contributed by atoms with van der Waals surface area (Å²) in [5.41, 5.74) is 0. The molecule has 0 heterocycles. The molecule has 3 heteroatoms. The van der Waals surface area contributed by atoms with Crippen molar-refractivity contribution in [1.82, 2.24) is 0 Å². The van der Waals surface area contributed by atoms with Crippen molar-refractivity contribution in [1.29, 1.82) is 0 Å². The van der Waals surface area contributed by atoms with Gasteiger partial charge in [-0.15, -0.1) is 0 Å². The van der Waals surface area contributed by atoms with Crippen molar-refractivity contribution >= 4 is 12.1 Å². The molecule has 0 fully saturated rings. The average Bonchev–Trinajstić information content (AvgIpc) is 2.16. The van der Waals surface area contributed by atoms with Crippen LogP contribution in [0.15, 0.2) is 0 Å². The number of rotatable bonds is 9. The molecule has 0 aromatic carbocycles. The minimum Gasteiger partial charge on any atom is -0.373 e. The van der Waals surface area contributed by atoms with E-state index < -0.39 is 5.78 Å². The Morgan fingerprint density at radius 1 is 1.23 bits per heavy atom. The summed E-state index contributed by atoms with van der Waals surface area (Å²) < 4.78 is 4.99. The SMILES string of the molecule is CCCCCCCOCC(=O)C=O. The molecule has 0 spiro atoms. The fourth-order valence-electron chi connectivity index (χ4n) is 1.01. The Morgan fingerprint density at radius 3 is 2.54 bits per heavy atom. The van der Waals surface area contributed by atoms with Gasteiger partial charge < -0.3 is 4.74 Å². The Kier molecular flexibility index (Phi) is 8.88. The third-order valence-corrected chi connectivity index (χ3v) is 1.77. The third kappa shape index (κ3) is 9.21. The Balaban J connectivity index is 2.99. The van der Waals surface area contributed by atoms with Crippen LogP contribution in [-0.4, -0.2) is 25.3 Å². The van der Waals surface area contributed by atoms with Gasteiger partial charge in [-0.2, -0.15) is 0 Å². The molecule has 0 aliphatic rings. The van der Waals surface area contributed by atoms with E-state index >= 15 is 0 Å². The van der Waals surface area contributed by atoms with Gasteiger partial charge in [-0.3, -0.25) is 9.59 Å². The largest absolute Gasteiger partial charge is 0.373 e. The predicted octanol–water partition coefficient (Wildman–Crippen LogP) is 1.74. The highest BCUT2D eigenvalue weighted by molar-refractivity contribution is 6.25. The number of hydrogen-bond donors (Lipinski definition) is 0. The van der Waals surface area contributed by atoms with E-state index in [1.54, 1.807) is 0 Å². The minimum atomic E-state index is -0.478. The molecule has 0 unspecified atom stereocenters. The highest BCUT2D eigenvalue weighted by Gasteiger charge is 1.97. The van der Waals surface area contributed by atoms with Gasteiger partial charge in [-0.05, 0) is 6.42 Å². The van der Waals surface area contributed by atoms with E-state index in [0.717, 1.165) is 12.8 Å². The predicted molar refractivity (Wildman–Crippen MR) is 50.6 cm³/mol. The summed E-state index contributed by atoms with van der Waals surface area (Å²) in [4.78, 5) is 20.3. The van der Waals surface area contributed by atoms with Crippen molar-refractivity contribution in [2.45, 2.75) is 39.0 Å². The summed E-state index contributed by atoms with van der Waals surface area (Å²) in [7, 11) is 0. The van der Waals surface area contributed by atoms with Gasteiger partial charge in [0.15, 0.2) is 6.29 Å². The van der Waals surface area contributed by atoms with Gasteiger partial charge in [0.25, 0.3) is 0 Å². The van der Waals surface area contributed by atoms with Crippen LogP contribution in [0.4, 0.5) is 0 Å². The lowest BCUT2D eigenvalue weighted by Crippen LogP contribution is -2.09. The highest BCUT2D eigenvalue weighted by atomic mass is 16.5. The van der Waals surface area contributed by atoms with E-state index in [1.807, 2.05) is 0 Å². The molecule has 0 atom stereocenters. The van der Waals surface area contributed by atoms with Gasteiger partial charge in [-0.25, -0.2) is 0 Å². The van der Waals surface area contributed by atoms with Crippen molar-refractivity contribution in [2.24, 2.45) is 0 Å². The molecule has 0 saturated carbocycles. The van der Waals surface area contributed by atoms with Crippen LogP contribution >= 0.6 is 0 Å². The molecular formula is C10H18O3. The number of carbonyl (C=O) groups is 2. The molecule has 13 heavy (non-hydrogen) atoms. The van der Waals surface area contributed by atoms with Gasteiger partial charge in [0.2, 0.25) is 5.78 Å². The van der Waals surface area contributed by atoms with E-state index in [1.165, 1.54) is 19.3 Å². The average molecular weight is 186 g/mol. The Labute approximate surface area is 79.5 Å². The van der Waals surface area contributed by atoms with Crippen LogP contribution in [0.2, 0.25) is 0 Å². The lowest BCUT2D eigenvalue weighted by Gasteiger charge is -2.00. The fraction of sp³-hybridized carbons (Fsp3) is 0.800. The first-order valence-corrected chi connectivity index (χ1v) is 4.87. The summed E-state index contributed by atoms with van der Waals surface area (Å²) >= 11 is 0. The van der Waals surface area contributed by atoms with Crippen LogP contribution in [0.5, 0.6) is 0 Å². The van der Waals surface area contributed by atoms with Crippen molar-refractivity contribution in [2.75, 3.05) is 13.2 Å². The number of Topliss-reactive ketones (excluding diaryl/α,β-unsaturated/α-hetero) is 1. The molecule has 0 radical (unpaired) electrons. The second-order valence-corrected chi connectivity index (χ2v) is 3.05. The summed E-state index contributed by atoms with van der Waals surface area (Å²) in [6.07, 6.45) is 6.13. The molecule has 0 bridgehead atoms. The van der Waals surface area contributed by atoms with E-state index in [0.29, 0.717) is 12.9 Å². The van der Waals surface area contributed by atoms with Crippen LogP contribution in [-0.2, 0) is 14.3 Å². The summed E-state index contributed by atoms with van der Waals surface area (Å²) in [5, 5.41) is 0. The van der Waals surface area contributed by atoms with Crippen LogP contribution in [0.25, 0.3) is 0 Å². The summed E-state index contributed by atoms with van der Waals surface area (Å²) in [6, 6.07) is 0. The minimum absolute atomic E-state index is 0.0583. The van der Waals surface area contributed by atoms with Crippen LogP contribution in [0.1, 0.15) is 39.0 Å². The monoisotopic (exact) mass is 186 g/mol. The molecule has 0 aromatic rings. The quantitative estimate of drug-likeness (QED) is 0.313. The molecule has 0 aliphatic carbocycles. The molecule has 0 N–H and O–H groups in total. The Morgan fingerprint density at radius 2 is 1.92 bits per heavy atom. The van der Waals surface area contributed by atoms with Crippen molar-refractivity contribution < 1.29 is 14.3 Å². The third-order valence-electron chi connectivity index (χ3n) is 1.77. The molecule has 0 rings (SSSR count). The van der Waals surface area contributed by atoms with Crippen molar-refractivity contribution in [3.8, 4) is 0 Å². The zero-order valence-electron chi connectivity index (χ0n) is 8.25. The molecule has 0 aliphatic heterocycles. The number of carbonyl (C=O) groups excluding carboxylic acids is 2. The second-order valence-electron chi connectivity index (χ2n) is 3.05. The molecule has 0 amide bonds. The maximum Gasteiger partial charge on any atom is 0.220 e. The molecule has 3 nitrogen and oxygen atoms in total. The zero-order chi connectivity index (χ0) is 9.94. The van der Waals surface area contributed by atoms with E-state index in [4.69, 9.17) is 4.74 Å². The number of ketones is 1. The lowest BCUT2D eigenvalue weighted by atomic mass is 10.2. The number of unbranched alkanes of at least 4 members (excludes halogenated alkanes) is 4. The summed E-state index contributed by atoms with van der Waals surface area (Å²) in [5.74, 6) is -0.478. The first kappa shape index (κ1) is 12.3. The van der Waals surface area contributed by atoms with Crippen LogP contribution in [0, 0.1) is 0 Å². The Bertz CT molecular complexity index is 143. The summed E-state index contributed by atoms with van der Waals surface area (Å²) in [6.45, 7) is 2.69. The molecule has 76 valence electrons. The van der Waals surface area contributed by atoms with Gasteiger partial charge in [0, 0.05) is 6.61 Å². The maximum absolute atomic E-state index is 10.5. The normalized spacial score (nSPS) is 9.92. The van der Waals surface area contributed by atoms with Gasteiger partial charge in [0.05, 0.1) is 0 Å². The topological polar surface area (TPSA) is 43.4 Å². The molecule has 0 aromatic heterocycles. The first-order chi connectivity index (χ1) is 6.31. The fourth-order valence-corrected chi connectivity index (χ4v) is 1.01. The van der Waals surface area contributed by atoms with Crippen molar-refractivity contribution in [3.05, 3.63) is 0 Å². The maximum atomic E-state index is 10.5. The Hall–Kier alpha value is -0.700. The second kappa shape index (κ2) is 9.39. The van der Waals surface area contributed by atoms with Crippen LogP contribution in [0.3, 0.4) is 0 Å². The first-order valence-electron chi connectivity index (χ1n) is 4.87. The van der Waals surface area contributed by atoms with E-state index in [9.17, 15) is 9.59 Å². The number of ether oxygens (including phenoxy) is 1. The zero-order valence-corrected chi connectivity index (χ0v) is 8.25. The lowest BCUT2D eigenvalue weighted by molar-refractivity contribution is -0.132. The van der Waals surface area contributed by atoms with Crippen LogP contribution < -0.4 is 0 Å². The van der Waals surface area contributed by atoms with Crippen molar-refractivity contribution in [3.63, 3.8) is 0 Å². The highest BCUT2D eigenvalue weighted by Crippen LogP contribution is 2.01. The van der Waals surface area contributed by atoms with Gasteiger partial charge >= 0.3 is 0 Å². The molecule has 0 saturated heterocycles. The van der Waals surface area contributed by atoms with E-state index in [-0.39, 0.29) is 6.61 Å². The van der Waals surface area contributed by atoms with Gasteiger partial charge in [-0.1, -0.05) is 32.6 Å². The number of hydrogen-bond acceptors (Lipinski definition) is 3. The van der Waals surface area contributed by atoms with E-state index in [2.05, 4.69) is 6.92 Å². The standard InChI is InChI=1S/C10H18O3/c1-2-3-4-5-6-7-13-9-10(12)8-11/h8H,2-7,9H2,1H3. The molecular weight excluding hydrogens is 168 g/mol. The number of aldehydes is 1. The smallest absolute Gasteiger partial charge is 0.220 e.